The first-order valence-corrected chi connectivity index (χ1v) is 7.68. The summed E-state index contributed by atoms with van der Waals surface area (Å²) in [6.45, 7) is 2.64. The molecule has 3 N–H and O–H groups in total. The smallest absolute Gasteiger partial charge is 0.220 e. The Morgan fingerprint density at radius 3 is 2.55 bits per heavy atom. The predicted molar refractivity (Wildman–Crippen MR) is 82.9 cm³/mol. The highest BCUT2D eigenvalue weighted by Crippen LogP contribution is 2.43. The van der Waals surface area contributed by atoms with Crippen molar-refractivity contribution in [2.75, 3.05) is 6.54 Å². The minimum atomic E-state index is 0.0784. The Bertz CT molecular complexity index is 452. The molecule has 1 fully saturated rings. The molecule has 0 radical (unpaired) electrons. The van der Waals surface area contributed by atoms with Crippen LogP contribution in [0.4, 0.5) is 0 Å². The minimum absolute atomic E-state index is 0.0784. The van der Waals surface area contributed by atoms with E-state index in [1.165, 1.54) is 12.0 Å². The van der Waals surface area contributed by atoms with Gasteiger partial charge in [-0.05, 0) is 43.9 Å². The maximum atomic E-state index is 11.8. The third kappa shape index (κ3) is 3.74. The third-order valence-electron chi connectivity index (χ3n) is 4.22. The van der Waals surface area contributed by atoms with Gasteiger partial charge in [-0.15, -0.1) is 0 Å². The van der Waals surface area contributed by atoms with Crippen molar-refractivity contribution in [2.24, 2.45) is 5.73 Å². The summed E-state index contributed by atoms with van der Waals surface area (Å²) in [5.41, 5.74) is 7.06. The van der Waals surface area contributed by atoms with Crippen LogP contribution in [0.15, 0.2) is 24.3 Å². The van der Waals surface area contributed by atoms with Crippen LogP contribution >= 0.6 is 11.6 Å². The van der Waals surface area contributed by atoms with Crippen LogP contribution in [-0.4, -0.2) is 18.5 Å². The Balaban J connectivity index is 1.92. The summed E-state index contributed by atoms with van der Waals surface area (Å²) in [6, 6.07) is 8.09. The molecule has 1 aliphatic rings. The van der Waals surface area contributed by atoms with E-state index in [9.17, 15) is 4.79 Å². The van der Waals surface area contributed by atoms with E-state index >= 15 is 0 Å². The van der Waals surface area contributed by atoms with Gasteiger partial charge in [-0.1, -0.05) is 30.2 Å². The number of nitrogens with one attached hydrogen (secondary N) is 1. The van der Waals surface area contributed by atoms with E-state index in [2.05, 4.69) is 17.4 Å². The average molecular weight is 295 g/mol. The standard InChI is InChI=1S/C16H23ClN2O/c1-12(18)3-8-15(20)19-11-16(9-2-10-16)13-4-6-14(17)7-5-13/h4-7,12H,2-3,8-11,18H2,1H3,(H,19,20). The minimum Gasteiger partial charge on any atom is -0.355 e. The topological polar surface area (TPSA) is 55.1 Å². The lowest BCUT2D eigenvalue weighted by Crippen LogP contribution is -2.45. The number of nitrogens with two attached hydrogens (primary N) is 1. The Kier molecular flexibility index (Phi) is 5.06. The second-order valence-corrected chi connectivity index (χ2v) is 6.37. The van der Waals surface area contributed by atoms with E-state index in [0.717, 1.165) is 24.3 Å². The molecule has 3 nitrogen and oxygen atoms in total. The molecule has 0 aliphatic heterocycles. The van der Waals surface area contributed by atoms with E-state index in [1.54, 1.807) is 0 Å². The van der Waals surface area contributed by atoms with Gasteiger partial charge < -0.3 is 11.1 Å². The lowest BCUT2D eigenvalue weighted by Gasteiger charge is -2.42. The monoisotopic (exact) mass is 294 g/mol. The van der Waals surface area contributed by atoms with Gasteiger partial charge in [0.15, 0.2) is 0 Å². The van der Waals surface area contributed by atoms with Crippen molar-refractivity contribution < 1.29 is 4.79 Å². The first-order valence-electron chi connectivity index (χ1n) is 7.30. The fourth-order valence-corrected chi connectivity index (χ4v) is 2.82. The summed E-state index contributed by atoms with van der Waals surface area (Å²) >= 11 is 5.94. The zero-order valence-electron chi connectivity index (χ0n) is 12.0. The molecule has 20 heavy (non-hydrogen) atoms. The molecule has 1 saturated carbocycles. The van der Waals surface area contributed by atoms with Crippen LogP contribution in [0.25, 0.3) is 0 Å². The average Bonchev–Trinajstić information content (AvgIpc) is 2.37. The molecule has 0 aromatic heterocycles. The summed E-state index contributed by atoms with van der Waals surface area (Å²) < 4.78 is 0. The molecule has 0 heterocycles. The molecule has 0 saturated heterocycles. The maximum Gasteiger partial charge on any atom is 0.220 e. The molecule has 1 aromatic rings. The molecule has 1 atom stereocenters. The molecule has 1 amide bonds. The van der Waals surface area contributed by atoms with Gasteiger partial charge in [0.25, 0.3) is 0 Å². The zero-order chi connectivity index (χ0) is 14.6. The number of carbonyl (C=O) groups is 1. The summed E-state index contributed by atoms with van der Waals surface area (Å²) in [7, 11) is 0. The fraction of sp³-hybridized carbons (Fsp3) is 0.562. The van der Waals surface area contributed by atoms with Gasteiger partial charge >= 0.3 is 0 Å². The van der Waals surface area contributed by atoms with Crippen molar-refractivity contribution in [3.05, 3.63) is 34.9 Å². The number of benzene rings is 1. The lowest BCUT2D eigenvalue weighted by molar-refractivity contribution is -0.121. The highest BCUT2D eigenvalue weighted by Gasteiger charge is 2.38. The Morgan fingerprint density at radius 2 is 2.05 bits per heavy atom. The molecule has 1 aliphatic carbocycles. The van der Waals surface area contributed by atoms with Crippen LogP contribution in [0.1, 0.15) is 44.6 Å². The number of hydrogen-bond acceptors (Lipinski definition) is 2. The van der Waals surface area contributed by atoms with Crippen molar-refractivity contribution in [2.45, 2.75) is 50.5 Å². The highest BCUT2D eigenvalue weighted by atomic mass is 35.5. The lowest BCUT2D eigenvalue weighted by atomic mass is 9.64. The van der Waals surface area contributed by atoms with Gasteiger partial charge in [0.05, 0.1) is 0 Å². The molecule has 1 unspecified atom stereocenters. The molecular formula is C16H23ClN2O. The van der Waals surface area contributed by atoms with Gasteiger partial charge in [0.1, 0.15) is 0 Å². The van der Waals surface area contributed by atoms with Gasteiger partial charge in [-0.2, -0.15) is 0 Å². The fourth-order valence-electron chi connectivity index (χ4n) is 2.69. The second-order valence-electron chi connectivity index (χ2n) is 5.93. The van der Waals surface area contributed by atoms with E-state index in [-0.39, 0.29) is 17.4 Å². The number of hydrogen-bond donors (Lipinski definition) is 2. The molecule has 110 valence electrons. The summed E-state index contributed by atoms with van der Waals surface area (Å²) in [5, 5.41) is 3.82. The van der Waals surface area contributed by atoms with Crippen molar-refractivity contribution in [3.8, 4) is 0 Å². The van der Waals surface area contributed by atoms with Crippen LogP contribution < -0.4 is 11.1 Å². The van der Waals surface area contributed by atoms with Crippen molar-refractivity contribution in [1.29, 1.82) is 0 Å². The summed E-state index contributed by atoms with van der Waals surface area (Å²) in [5.74, 6) is 0.0996. The zero-order valence-corrected chi connectivity index (χ0v) is 12.7. The van der Waals surface area contributed by atoms with E-state index < -0.39 is 0 Å². The third-order valence-corrected chi connectivity index (χ3v) is 4.47. The van der Waals surface area contributed by atoms with Gasteiger partial charge in [-0.3, -0.25) is 4.79 Å². The number of halogens is 1. The Labute approximate surface area is 125 Å². The Morgan fingerprint density at radius 1 is 1.40 bits per heavy atom. The van der Waals surface area contributed by atoms with Crippen molar-refractivity contribution in [3.63, 3.8) is 0 Å². The van der Waals surface area contributed by atoms with E-state index in [0.29, 0.717) is 13.0 Å². The molecule has 2 rings (SSSR count). The number of rotatable bonds is 6. The van der Waals surface area contributed by atoms with Crippen LogP contribution in [0.5, 0.6) is 0 Å². The van der Waals surface area contributed by atoms with Crippen LogP contribution in [0.2, 0.25) is 5.02 Å². The summed E-state index contributed by atoms with van der Waals surface area (Å²) in [6.07, 6.45) is 4.72. The van der Waals surface area contributed by atoms with Gasteiger partial charge in [-0.25, -0.2) is 0 Å². The highest BCUT2D eigenvalue weighted by molar-refractivity contribution is 6.30. The van der Waals surface area contributed by atoms with Gasteiger partial charge in [0, 0.05) is 29.4 Å². The molecule has 4 heteroatoms. The first-order chi connectivity index (χ1) is 9.52. The van der Waals surface area contributed by atoms with Gasteiger partial charge in [0.2, 0.25) is 5.91 Å². The molecular weight excluding hydrogens is 272 g/mol. The maximum absolute atomic E-state index is 11.8. The molecule has 1 aromatic carbocycles. The number of amides is 1. The second kappa shape index (κ2) is 6.59. The summed E-state index contributed by atoms with van der Waals surface area (Å²) in [4.78, 5) is 11.8. The quantitative estimate of drug-likeness (QED) is 0.847. The largest absolute Gasteiger partial charge is 0.355 e. The van der Waals surface area contributed by atoms with Crippen molar-refractivity contribution in [1.82, 2.24) is 5.32 Å². The Hall–Kier alpha value is -1.06. The molecule has 0 bridgehead atoms. The number of carbonyl (C=O) groups excluding carboxylic acids is 1. The predicted octanol–water partition coefficient (Wildman–Crippen LogP) is 3.01. The van der Waals surface area contributed by atoms with Crippen LogP contribution in [0, 0.1) is 0 Å². The molecule has 0 spiro atoms. The SMILES string of the molecule is CC(N)CCC(=O)NCC1(c2ccc(Cl)cc2)CCC1. The van der Waals surface area contributed by atoms with Crippen LogP contribution in [-0.2, 0) is 10.2 Å². The first kappa shape index (κ1) is 15.3. The van der Waals surface area contributed by atoms with E-state index in [4.69, 9.17) is 17.3 Å². The van der Waals surface area contributed by atoms with Crippen molar-refractivity contribution >= 4 is 17.5 Å². The van der Waals surface area contributed by atoms with Crippen LogP contribution in [0.3, 0.4) is 0 Å². The normalized spacial score (nSPS) is 18.1. The van der Waals surface area contributed by atoms with E-state index in [1.807, 2.05) is 19.1 Å².